The lowest BCUT2D eigenvalue weighted by molar-refractivity contribution is -0.130. The molecule has 3 N–H and O–H groups in total. The van der Waals surface area contributed by atoms with Gasteiger partial charge >= 0.3 is 0 Å². The Hall–Kier alpha value is -1.39. The van der Waals surface area contributed by atoms with E-state index in [0.29, 0.717) is 5.56 Å². The van der Waals surface area contributed by atoms with Crippen LogP contribution in [-0.4, -0.2) is 30.1 Å². The van der Waals surface area contributed by atoms with E-state index in [-0.39, 0.29) is 11.9 Å². The van der Waals surface area contributed by atoms with E-state index in [1.54, 1.807) is 12.1 Å². The molecular formula is C13H18N2O2. The minimum atomic E-state index is -1.07. The molecule has 0 saturated carbocycles. The summed E-state index contributed by atoms with van der Waals surface area (Å²) in [5.41, 5.74) is 0.633. The Labute approximate surface area is 101 Å². The Morgan fingerprint density at radius 3 is 2.82 bits per heavy atom. The van der Waals surface area contributed by atoms with Gasteiger partial charge in [-0.1, -0.05) is 30.3 Å². The van der Waals surface area contributed by atoms with E-state index in [1.165, 1.54) is 0 Å². The zero-order chi connectivity index (χ0) is 12.1. The normalized spacial score (nSPS) is 21.8. The van der Waals surface area contributed by atoms with Crippen LogP contribution in [0.2, 0.25) is 0 Å². The standard InChI is InChI=1S/C13H18N2O2/c16-12(10-5-2-1-3-6-10)13(17)15-11-7-4-8-14-9-11/h1-3,5-6,11-12,14,16H,4,7-9H2,(H,15,17). The van der Waals surface area contributed by atoms with Crippen molar-refractivity contribution in [1.29, 1.82) is 0 Å². The zero-order valence-electron chi connectivity index (χ0n) is 9.73. The molecule has 92 valence electrons. The van der Waals surface area contributed by atoms with Gasteiger partial charge in [0.15, 0.2) is 6.10 Å². The van der Waals surface area contributed by atoms with E-state index >= 15 is 0 Å². The molecule has 4 nitrogen and oxygen atoms in total. The molecule has 2 unspecified atom stereocenters. The van der Waals surface area contributed by atoms with E-state index in [2.05, 4.69) is 10.6 Å². The average molecular weight is 234 g/mol. The van der Waals surface area contributed by atoms with Gasteiger partial charge in [-0.15, -0.1) is 0 Å². The van der Waals surface area contributed by atoms with Gasteiger partial charge in [-0.3, -0.25) is 4.79 Å². The maximum absolute atomic E-state index is 11.8. The maximum atomic E-state index is 11.8. The van der Waals surface area contributed by atoms with Crippen molar-refractivity contribution >= 4 is 5.91 Å². The van der Waals surface area contributed by atoms with Crippen molar-refractivity contribution in [3.8, 4) is 0 Å². The Kier molecular flexibility index (Phi) is 4.12. The fourth-order valence-corrected chi connectivity index (χ4v) is 2.04. The molecule has 4 heteroatoms. The molecule has 0 spiro atoms. The van der Waals surface area contributed by atoms with Crippen LogP contribution in [0.5, 0.6) is 0 Å². The number of amides is 1. The third-order valence-corrected chi connectivity index (χ3v) is 3.01. The van der Waals surface area contributed by atoms with Crippen molar-refractivity contribution in [1.82, 2.24) is 10.6 Å². The smallest absolute Gasteiger partial charge is 0.253 e. The second-order valence-electron chi connectivity index (χ2n) is 4.37. The molecule has 1 saturated heterocycles. The molecule has 1 amide bonds. The summed E-state index contributed by atoms with van der Waals surface area (Å²) >= 11 is 0. The van der Waals surface area contributed by atoms with Crippen molar-refractivity contribution < 1.29 is 9.90 Å². The van der Waals surface area contributed by atoms with Crippen molar-refractivity contribution in [3.05, 3.63) is 35.9 Å². The van der Waals surface area contributed by atoms with E-state index < -0.39 is 6.10 Å². The molecule has 17 heavy (non-hydrogen) atoms. The van der Waals surface area contributed by atoms with Crippen LogP contribution >= 0.6 is 0 Å². The highest BCUT2D eigenvalue weighted by Crippen LogP contribution is 2.13. The summed E-state index contributed by atoms with van der Waals surface area (Å²) in [5, 5.41) is 16.0. The summed E-state index contributed by atoms with van der Waals surface area (Å²) in [6, 6.07) is 9.13. The Bertz CT molecular complexity index is 361. The SMILES string of the molecule is O=C(NC1CCCNC1)C(O)c1ccccc1. The molecule has 1 aliphatic rings. The van der Waals surface area contributed by atoms with Crippen molar-refractivity contribution in [2.45, 2.75) is 25.0 Å². The van der Waals surface area contributed by atoms with Crippen LogP contribution in [0.1, 0.15) is 24.5 Å². The largest absolute Gasteiger partial charge is 0.378 e. The van der Waals surface area contributed by atoms with Gasteiger partial charge in [0.25, 0.3) is 5.91 Å². The van der Waals surface area contributed by atoms with Crippen molar-refractivity contribution in [2.75, 3.05) is 13.1 Å². The van der Waals surface area contributed by atoms with Gasteiger partial charge in [-0.05, 0) is 24.9 Å². The predicted octanol–water partition coefficient (Wildman–Crippen LogP) is 0.588. The first-order valence-electron chi connectivity index (χ1n) is 6.01. The number of nitrogens with one attached hydrogen (secondary N) is 2. The summed E-state index contributed by atoms with van der Waals surface area (Å²) in [6.45, 7) is 1.79. The molecule has 1 aromatic rings. The van der Waals surface area contributed by atoms with E-state index in [0.717, 1.165) is 25.9 Å². The Balaban J connectivity index is 1.91. The van der Waals surface area contributed by atoms with Crippen molar-refractivity contribution in [3.63, 3.8) is 0 Å². The predicted molar refractivity (Wildman–Crippen MR) is 65.4 cm³/mol. The van der Waals surface area contributed by atoms with Gasteiger partial charge in [0.2, 0.25) is 0 Å². The summed E-state index contributed by atoms with van der Waals surface area (Å²) in [7, 11) is 0. The van der Waals surface area contributed by atoms with E-state index in [9.17, 15) is 9.90 Å². The summed E-state index contributed by atoms with van der Waals surface area (Å²) < 4.78 is 0. The van der Waals surface area contributed by atoms with Gasteiger partial charge < -0.3 is 15.7 Å². The number of hydrogen-bond acceptors (Lipinski definition) is 3. The fourth-order valence-electron chi connectivity index (χ4n) is 2.04. The molecule has 0 bridgehead atoms. The summed E-state index contributed by atoms with van der Waals surface area (Å²) in [5.74, 6) is -0.315. The van der Waals surface area contributed by atoms with Gasteiger partial charge in [-0.2, -0.15) is 0 Å². The average Bonchev–Trinajstić information content (AvgIpc) is 2.40. The Morgan fingerprint density at radius 2 is 2.18 bits per heavy atom. The molecule has 1 heterocycles. The molecule has 1 fully saturated rings. The number of benzene rings is 1. The number of carbonyl (C=O) groups is 1. The lowest BCUT2D eigenvalue weighted by atomic mass is 10.1. The molecule has 0 aliphatic carbocycles. The van der Waals surface area contributed by atoms with Crippen LogP contribution in [0.25, 0.3) is 0 Å². The highest BCUT2D eigenvalue weighted by molar-refractivity contribution is 5.82. The molecule has 0 radical (unpaired) electrons. The molecule has 1 aromatic carbocycles. The van der Waals surface area contributed by atoms with Crippen molar-refractivity contribution in [2.24, 2.45) is 0 Å². The number of aliphatic hydroxyl groups is 1. The number of piperidine rings is 1. The van der Waals surface area contributed by atoms with Crippen LogP contribution < -0.4 is 10.6 Å². The number of carbonyl (C=O) groups excluding carboxylic acids is 1. The molecule has 1 aliphatic heterocycles. The van der Waals surface area contributed by atoms with Gasteiger partial charge in [-0.25, -0.2) is 0 Å². The minimum absolute atomic E-state index is 0.134. The fraction of sp³-hybridized carbons (Fsp3) is 0.462. The van der Waals surface area contributed by atoms with E-state index in [1.807, 2.05) is 18.2 Å². The minimum Gasteiger partial charge on any atom is -0.378 e. The maximum Gasteiger partial charge on any atom is 0.253 e. The second kappa shape index (κ2) is 5.80. The summed E-state index contributed by atoms with van der Waals surface area (Å²) in [6.07, 6.45) is 0.963. The number of rotatable bonds is 3. The number of hydrogen-bond donors (Lipinski definition) is 3. The lowest BCUT2D eigenvalue weighted by Crippen LogP contribution is -2.47. The molecule has 2 atom stereocenters. The topological polar surface area (TPSA) is 61.4 Å². The first-order valence-corrected chi connectivity index (χ1v) is 6.01. The third-order valence-electron chi connectivity index (χ3n) is 3.01. The number of aliphatic hydroxyl groups excluding tert-OH is 1. The van der Waals surface area contributed by atoms with Gasteiger partial charge in [0, 0.05) is 12.6 Å². The van der Waals surface area contributed by atoms with Crippen LogP contribution in [0.3, 0.4) is 0 Å². The van der Waals surface area contributed by atoms with Crippen LogP contribution in [0, 0.1) is 0 Å². The first kappa shape index (κ1) is 12.1. The van der Waals surface area contributed by atoms with Crippen LogP contribution in [-0.2, 0) is 4.79 Å². The highest BCUT2D eigenvalue weighted by Gasteiger charge is 2.21. The molecular weight excluding hydrogens is 216 g/mol. The van der Waals surface area contributed by atoms with Gasteiger partial charge in [0.1, 0.15) is 0 Å². The van der Waals surface area contributed by atoms with Crippen LogP contribution in [0.15, 0.2) is 30.3 Å². The Morgan fingerprint density at radius 1 is 1.41 bits per heavy atom. The zero-order valence-corrected chi connectivity index (χ0v) is 9.73. The quantitative estimate of drug-likeness (QED) is 0.717. The van der Waals surface area contributed by atoms with Crippen LogP contribution in [0.4, 0.5) is 0 Å². The molecule has 2 rings (SSSR count). The second-order valence-corrected chi connectivity index (χ2v) is 4.37. The van der Waals surface area contributed by atoms with E-state index in [4.69, 9.17) is 0 Å². The third kappa shape index (κ3) is 3.28. The monoisotopic (exact) mass is 234 g/mol. The summed E-state index contributed by atoms with van der Waals surface area (Å²) in [4.78, 5) is 11.8. The lowest BCUT2D eigenvalue weighted by Gasteiger charge is -2.25. The molecule has 0 aromatic heterocycles. The van der Waals surface area contributed by atoms with Gasteiger partial charge in [0.05, 0.1) is 0 Å². The first-order chi connectivity index (χ1) is 8.27. The highest BCUT2D eigenvalue weighted by atomic mass is 16.3.